The molecule has 4 nitrogen and oxygen atoms in total. The Labute approximate surface area is 93.9 Å². The Bertz CT molecular complexity index is 451. The molecule has 2 aromatic rings. The summed E-state index contributed by atoms with van der Waals surface area (Å²) in [6, 6.07) is 11.0. The first kappa shape index (κ1) is 10.4. The van der Waals surface area contributed by atoms with Gasteiger partial charge in [0.2, 0.25) is 5.88 Å². The molecule has 1 heterocycles. The molecule has 0 spiro atoms. The third kappa shape index (κ3) is 2.49. The number of hydrogen-bond acceptors (Lipinski definition) is 4. The van der Waals surface area contributed by atoms with Crippen molar-refractivity contribution in [2.75, 3.05) is 5.73 Å². The summed E-state index contributed by atoms with van der Waals surface area (Å²) in [6.45, 7) is 0.528. The highest BCUT2D eigenvalue weighted by molar-refractivity contribution is 5.37. The number of pyridine rings is 1. The number of anilines is 1. The summed E-state index contributed by atoms with van der Waals surface area (Å²) in [5.74, 6) is 1.25. The predicted octanol–water partition coefficient (Wildman–Crippen LogP) is 1.91. The smallest absolute Gasteiger partial charge is 0.219 e. The molecule has 16 heavy (non-hydrogen) atoms. The summed E-state index contributed by atoms with van der Waals surface area (Å²) in [5, 5.41) is 0. The molecule has 4 N–H and O–H groups in total. The van der Waals surface area contributed by atoms with Crippen LogP contribution in [0.2, 0.25) is 0 Å². The minimum atomic E-state index is 0.523. The Morgan fingerprint density at radius 3 is 2.38 bits per heavy atom. The van der Waals surface area contributed by atoms with E-state index in [1.807, 2.05) is 24.3 Å². The van der Waals surface area contributed by atoms with Crippen molar-refractivity contribution in [2.24, 2.45) is 5.73 Å². The van der Waals surface area contributed by atoms with Gasteiger partial charge in [0.05, 0.1) is 11.9 Å². The third-order valence-electron chi connectivity index (χ3n) is 2.14. The number of hydrogen-bond donors (Lipinski definition) is 2. The molecule has 0 saturated heterocycles. The Morgan fingerprint density at radius 1 is 1.06 bits per heavy atom. The van der Waals surface area contributed by atoms with Gasteiger partial charge in [0.25, 0.3) is 0 Å². The molecule has 1 aromatic carbocycles. The van der Waals surface area contributed by atoms with Crippen LogP contribution < -0.4 is 16.2 Å². The summed E-state index contributed by atoms with van der Waals surface area (Å²) >= 11 is 0. The molecule has 4 heteroatoms. The SMILES string of the molecule is NCc1ccc(Oc2ccc(N)cn2)cc1. The van der Waals surface area contributed by atoms with Gasteiger partial charge in [-0.2, -0.15) is 0 Å². The molecule has 0 atom stereocenters. The van der Waals surface area contributed by atoms with Crippen molar-refractivity contribution in [3.63, 3.8) is 0 Å². The number of nitrogens with zero attached hydrogens (tertiary/aromatic N) is 1. The highest BCUT2D eigenvalue weighted by Crippen LogP contribution is 2.19. The van der Waals surface area contributed by atoms with Gasteiger partial charge in [0, 0.05) is 12.6 Å². The van der Waals surface area contributed by atoms with E-state index in [0.29, 0.717) is 18.1 Å². The number of aromatic nitrogens is 1. The van der Waals surface area contributed by atoms with Crippen molar-refractivity contribution in [3.8, 4) is 11.6 Å². The first-order valence-electron chi connectivity index (χ1n) is 4.96. The topological polar surface area (TPSA) is 74.2 Å². The van der Waals surface area contributed by atoms with Crippen LogP contribution in [0, 0.1) is 0 Å². The average molecular weight is 215 g/mol. The van der Waals surface area contributed by atoms with Crippen molar-refractivity contribution < 1.29 is 4.74 Å². The highest BCUT2D eigenvalue weighted by Gasteiger charge is 1.98. The fourth-order valence-corrected chi connectivity index (χ4v) is 1.27. The Kier molecular flexibility index (Phi) is 3.03. The van der Waals surface area contributed by atoms with Crippen LogP contribution in [0.4, 0.5) is 5.69 Å². The molecule has 82 valence electrons. The van der Waals surface area contributed by atoms with Gasteiger partial charge in [-0.25, -0.2) is 4.98 Å². The molecule has 2 rings (SSSR count). The summed E-state index contributed by atoms with van der Waals surface area (Å²) in [6.07, 6.45) is 1.56. The van der Waals surface area contributed by atoms with Crippen molar-refractivity contribution in [1.82, 2.24) is 4.98 Å². The highest BCUT2D eigenvalue weighted by atomic mass is 16.5. The molecule has 0 aliphatic carbocycles. The van der Waals surface area contributed by atoms with Crippen LogP contribution in [0.1, 0.15) is 5.56 Å². The number of nitrogen functional groups attached to an aromatic ring is 1. The molecule has 0 unspecified atom stereocenters. The molecule has 0 radical (unpaired) electrons. The van der Waals surface area contributed by atoms with Gasteiger partial charge >= 0.3 is 0 Å². The van der Waals surface area contributed by atoms with Crippen molar-refractivity contribution in [3.05, 3.63) is 48.2 Å². The van der Waals surface area contributed by atoms with E-state index in [0.717, 1.165) is 11.3 Å². The predicted molar refractivity (Wildman–Crippen MR) is 63.1 cm³/mol. The maximum Gasteiger partial charge on any atom is 0.219 e. The lowest BCUT2D eigenvalue weighted by atomic mass is 10.2. The first-order chi connectivity index (χ1) is 7.78. The zero-order chi connectivity index (χ0) is 11.4. The van der Waals surface area contributed by atoms with E-state index < -0.39 is 0 Å². The zero-order valence-electron chi connectivity index (χ0n) is 8.76. The van der Waals surface area contributed by atoms with Gasteiger partial charge in [-0.1, -0.05) is 12.1 Å². The molecular formula is C12H13N3O. The maximum absolute atomic E-state index is 5.53. The number of rotatable bonds is 3. The lowest BCUT2D eigenvalue weighted by Crippen LogP contribution is -1.95. The van der Waals surface area contributed by atoms with Crippen LogP contribution in [0.15, 0.2) is 42.6 Å². The minimum Gasteiger partial charge on any atom is -0.439 e. The normalized spacial score (nSPS) is 10.1. The van der Waals surface area contributed by atoms with E-state index in [1.54, 1.807) is 18.3 Å². The monoisotopic (exact) mass is 215 g/mol. The lowest BCUT2D eigenvalue weighted by molar-refractivity contribution is 0.463. The second-order valence-corrected chi connectivity index (χ2v) is 3.38. The fourth-order valence-electron chi connectivity index (χ4n) is 1.27. The third-order valence-corrected chi connectivity index (χ3v) is 2.14. The Morgan fingerprint density at radius 2 is 1.81 bits per heavy atom. The summed E-state index contributed by atoms with van der Waals surface area (Å²) in [4.78, 5) is 4.04. The number of ether oxygens (including phenoxy) is 1. The van der Waals surface area contributed by atoms with Gasteiger partial charge in [0.1, 0.15) is 5.75 Å². The molecule has 0 aliphatic heterocycles. The molecule has 0 amide bonds. The van der Waals surface area contributed by atoms with Gasteiger partial charge in [0.15, 0.2) is 0 Å². The first-order valence-corrected chi connectivity index (χ1v) is 4.96. The standard InChI is InChI=1S/C12H13N3O/c13-7-9-1-4-11(5-2-9)16-12-6-3-10(14)8-15-12/h1-6,8H,7,13-14H2. The van der Waals surface area contributed by atoms with Crippen LogP contribution in [0.3, 0.4) is 0 Å². The number of nitrogens with two attached hydrogens (primary N) is 2. The van der Waals surface area contributed by atoms with E-state index in [1.165, 1.54) is 0 Å². The second kappa shape index (κ2) is 4.63. The van der Waals surface area contributed by atoms with Crippen LogP contribution in [-0.4, -0.2) is 4.98 Å². The van der Waals surface area contributed by atoms with Crippen molar-refractivity contribution >= 4 is 5.69 Å². The Balaban J connectivity index is 2.11. The van der Waals surface area contributed by atoms with Crippen LogP contribution in [0.25, 0.3) is 0 Å². The van der Waals surface area contributed by atoms with Crippen LogP contribution >= 0.6 is 0 Å². The second-order valence-electron chi connectivity index (χ2n) is 3.38. The van der Waals surface area contributed by atoms with E-state index >= 15 is 0 Å². The quantitative estimate of drug-likeness (QED) is 0.820. The minimum absolute atomic E-state index is 0.523. The van der Waals surface area contributed by atoms with Crippen LogP contribution in [0.5, 0.6) is 11.6 Å². The van der Waals surface area contributed by atoms with Gasteiger partial charge in [-0.3, -0.25) is 0 Å². The molecule has 0 saturated carbocycles. The summed E-state index contributed by atoms with van der Waals surface area (Å²) in [7, 11) is 0. The Hall–Kier alpha value is -2.07. The lowest BCUT2D eigenvalue weighted by Gasteiger charge is -2.05. The summed E-state index contributed by atoms with van der Waals surface area (Å²) in [5.41, 5.74) is 12.7. The molecule has 1 aromatic heterocycles. The molecule has 0 fully saturated rings. The molecule has 0 bridgehead atoms. The van der Waals surface area contributed by atoms with E-state index in [4.69, 9.17) is 16.2 Å². The fraction of sp³-hybridized carbons (Fsp3) is 0.0833. The van der Waals surface area contributed by atoms with Crippen LogP contribution in [-0.2, 0) is 6.54 Å². The van der Waals surface area contributed by atoms with E-state index in [9.17, 15) is 0 Å². The maximum atomic E-state index is 5.53. The van der Waals surface area contributed by atoms with Gasteiger partial charge in [-0.05, 0) is 23.8 Å². The van der Waals surface area contributed by atoms with E-state index in [-0.39, 0.29) is 0 Å². The van der Waals surface area contributed by atoms with Gasteiger partial charge < -0.3 is 16.2 Å². The number of benzene rings is 1. The largest absolute Gasteiger partial charge is 0.439 e. The van der Waals surface area contributed by atoms with Crippen molar-refractivity contribution in [1.29, 1.82) is 0 Å². The summed E-state index contributed by atoms with van der Waals surface area (Å²) < 4.78 is 5.53. The van der Waals surface area contributed by atoms with Gasteiger partial charge in [-0.15, -0.1) is 0 Å². The molecular weight excluding hydrogens is 202 g/mol. The van der Waals surface area contributed by atoms with E-state index in [2.05, 4.69) is 4.98 Å². The zero-order valence-corrected chi connectivity index (χ0v) is 8.76. The van der Waals surface area contributed by atoms with Crippen molar-refractivity contribution in [2.45, 2.75) is 6.54 Å². The average Bonchev–Trinajstić information content (AvgIpc) is 2.33. The molecule has 0 aliphatic rings.